The minimum absolute atomic E-state index is 0.140. The smallest absolute Gasteiger partial charge is 0.352 e. The van der Waals surface area contributed by atoms with Gasteiger partial charge in [0.25, 0.3) is 0 Å². The normalized spacial score (nSPS) is 10.2. The number of hydrogen-bond acceptors (Lipinski definition) is 2. The molecule has 1 aromatic carbocycles. The number of aromatic amines is 1. The van der Waals surface area contributed by atoms with E-state index in [1.165, 1.54) is 18.2 Å². The Balaban J connectivity index is 2.00. The zero-order chi connectivity index (χ0) is 12.3. The summed E-state index contributed by atoms with van der Waals surface area (Å²) in [6.45, 7) is 0.413. The molecule has 17 heavy (non-hydrogen) atoms. The number of benzene rings is 1. The van der Waals surface area contributed by atoms with Crippen LogP contribution in [0.2, 0.25) is 0 Å². The van der Waals surface area contributed by atoms with Crippen LogP contribution in [0.5, 0.6) is 0 Å². The second kappa shape index (κ2) is 4.69. The Morgan fingerprint density at radius 1 is 1.35 bits per heavy atom. The van der Waals surface area contributed by atoms with Gasteiger partial charge in [-0.1, -0.05) is 6.07 Å². The lowest BCUT2D eigenvalue weighted by Crippen LogP contribution is -2.01. The van der Waals surface area contributed by atoms with Crippen molar-refractivity contribution in [1.29, 1.82) is 0 Å². The Kier molecular flexibility index (Phi) is 3.09. The number of carboxylic acid groups (broad SMARTS) is 1. The maximum absolute atomic E-state index is 12.9. The van der Waals surface area contributed by atoms with Gasteiger partial charge in [0, 0.05) is 11.4 Å². The van der Waals surface area contributed by atoms with Gasteiger partial charge < -0.3 is 15.4 Å². The lowest BCUT2D eigenvalue weighted by Gasteiger charge is -2.04. The van der Waals surface area contributed by atoms with Crippen molar-refractivity contribution in [2.24, 2.45) is 0 Å². The number of anilines is 1. The SMILES string of the molecule is O=C(O)c1ccc(CNc2cccc(F)c2)[nH]1. The van der Waals surface area contributed by atoms with Gasteiger partial charge in [0.1, 0.15) is 11.5 Å². The standard InChI is InChI=1S/C12H11FN2O2/c13-8-2-1-3-9(6-8)14-7-10-4-5-11(15-10)12(16)17/h1-6,14-15H,7H2,(H,16,17). The van der Waals surface area contributed by atoms with E-state index in [4.69, 9.17) is 5.11 Å². The van der Waals surface area contributed by atoms with Crippen molar-refractivity contribution in [3.63, 3.8) is 0 Å². The Morgan fingerprint density at radius 2 is 2.18 bits per heavy atom. The van der Waals surface area contributed by atoms with Crippen LogP contribution in [0.15, 0.2) is 36.4 Å². The monoisotopic (exact) mass is 234 g/mol. The Bertz CT molecular complexity index is 537. The van der Waals surface area contributed by atoms with E-state index in [2.05, 4.69) is 10.3 Å². The first kappa shape index (κ1) is 11.2. The summed E-state index contributed by atoms with van der Waals surface area (Å²) in [5, 5.41) is 11.7. The topological polar surface area (TPSA) is 65.1 Å². The number of carboxylic acids is 1. The van der Waals surface area contributed by atoms with E-state index >= 15 is 0 Å². The molecule has 0 saturated carbocycles. The Morgan fingerprint density at radius 3 is 2.82 bits per heavy atom. The molecule has 2 aromatic rings. The number of rotatable bonds is 4. The van der Waals surface area contributed by atoms with Crippen LogP contribution in [0.25, 0.3) is 0 Å². The molecular formula is C12H11FN2O2. The first-order valence-electron chi connectivity index (χ1n) is 5.06. The van der Waals surface area contributed by atoms with E-state index in [1.807, 2.05) is 0 Å². The molecule has 0 unspecified atom stereocenters. The second-order valence-electron chi connectivity index (χ2n) is 3.57. The number of H-pyrrole nitrogens is 1. The van der Waals surface area contributed by atoms with E-state index < -0.39 is 5.97 Å². The third-order valence-electron chi connectivity index (χ3n) is 2.28. The summed E-state index contributed by atoms with van der Waals surface area (Å²) in [4.78, 5) is 13.4. The molecule has 0 aliphatic heterocycles. The zero-order valence-electron chi connectivity index (χ0n) is 8.90. The molecule has 0 spiro atoms. The van der Waals surface area contributed by atoms with Gasteiger partial charge in [-0.2, -0.15) is 0 Å². The maximum Gasteiger partial charge on any atom is 0.352 e. The molecule has 0 radical (unpaired) electrons. The van der Waals surface area contributed by atoms with Gasteiger partial charge in [-0.05, 0) is 30.3 Å². The predicted octanol–water partition coefficient (Wildman–Crippen LogP) is 2.46. The van der Waals surface area contributed by atoms with E-state index in [0.29, 0.717) is 12.2 Å². The van der Waals surface area contributed by atoms with Gasteiger partial charge >= 0.3 is 5.97 Å². The number of nitrogens with one attached hydrogen (secondary N) is 2. The fourth-order valence-electron chi connectivity index (χ4n) is 1.46. The second-order valence-corrected chi connectivity index (χ2v) is 3.57. The van der Waals surface area contributed by atoms with Gasteiger partial charge in [0.2, 0.25) is 0 Å². The zero-order valence-corrected chi connectivity index (χ0v) is 8.90. The lowest BCUT2D eigenvalue weighted by atomic mass is 10.3. The summed E-state index contributed by atoms with van der Waals surface area (Å²) in [5.74, 6) is -1.31. The van der Waals surface area contributed by atoms with Crippen molar-refractivity contribution in [3.8, 4) is 0 Å². The van der Waals surface area contributed by atoms with Gasteiger partial charge in [-0.3, -0.25) is 0 Å². The van der Waals surface area contributed by atoms with Gasteiger partial charge in [0.05, 0.1) is 6.54 Å². The highest BCUT2D eigenvalue weighted by Gasteiger charge is 2.05. The van der Waals surface area contributed by atoms with E-state index in [-0.39, 0.29) is 11.5 Å². The first-order valence-corrected chi connectivity index (χ1v) is 5.06. The van der Waals surface area contributed by atoms with Crippen molar-refractivity contribution in [2.75, 3.05) is 5.32 Å². The van der Waals surface area contributed by atoms with Crippen molar-refractivity contribution >= 4 is 11.7 Å². The maximum atomic E-state index is 12.9. The summed E-state index contributed by atoms with van der Waals surface area (Å²) in [7, 11) is 0. The van der Waals surface area contributed by atoms with Crippen LogP contribution in [0, 0.1) is 5.82 Å². The van der Waals surface area contributed by atoms with Crippen LogP contribution in [-0.4, -0.2) is 16.1 Å². The molecule has 0 aliphatic rings. The van der Waals surface area contributed by atoms with Crippen LogP contribution < -0.4 is 5.32 Å². The molecule has 3 N–H and O–H groups in total. The van der Waals surface area contributed by atoms with Gasteiger partial charge in [-0.25, -0.2) is 9.18 Å². The number of carbonyl (C=O) groups is 1. The molecule has 1 aromatic heterocycles. The molecule has 5 heteroatoms. The van der Waals surface area contributed by atoms with Crippen LogP contribution in [0.3, 0.4) is 0 Å². The van der Waals surface area contributed by atoms with E-state index in [1.54, 1.807) is 18.2 Å². The number of aromatic nitrogens is 1. The average Bonchev–Trinajstić information content (AvgIpc) is 2.75. The van der Waals surface area contributed by atoms with E-state index in [0.717, 1.165) is 5.69 Å². The Hall–Kier alpha value is -2.30. The highest BCUT2D eigenvalue weighted by Crippen LogP contribution is 2.11. The van der Waals surface area contributed by atoms with Gasteiger partial charge in [-0.15, -0.1) is 0 Å². The molecule has 4 nitrogen and oxygen atoms in total. The molecular weight excluding hydrogens is 223 g/mol. The number of aromatic carboxylic acids is 1. The average molecular weight is 234 g/mol. The fraction of sp³-hybridized carbons (Fsp3) is 0.0833. The molecule has 1 heterocycles. The van der Waals surface area contributed by atoms with Crippen molar-refractivity contribution < 1.29 is 14.3 Å². The number of hydrogen-bond donors (Lipinski definition) is 3. The van der Waals surface area contributed by atoms with Crippen LogP contribution in [-0.2, 0) is 6.54 Å². The molecule has 0 bridgehead atoms. The molecule has 0 aliphatic carbocycles. The molecule has 0 saturated heterocycles. The highest BCUT2D eigenvalue weighted by molar-refractivity contribution is 5.85. The Labute approximate surface area is 97.1 Å². The fourth-order valence-corrected chi connectivity index (χ4v) is 1.46. The quantitative estimate of drug-likeness (QED) is 0.761. The summed E-state index contributed by atoms with van der Waals surface area (Å²) in [6, 6.07) is 9.25. The minimum atomic E-state index is -0.998. The highest BCUT2D eigenvalue weighted by atomic mass is 19.1. The van der Waals surface area contributed by atoms with Crippen LogP contribution >= 0.6 is 0 Å². The summed E-state index contributed by atoms with van der Waals surface area (Å²) in [6.07, 6.45) is 0. The molecule has 0 atom stereocenters. The molecule has 2 rings (SSSR count). The van der Waals surface area contributed by atoms with Gasteiger partial charge in [0.15, 0.2) is 0 Å². The molecule has 0 fully saturated rings. The van der Waals surface area contributed by atoms with Crippen molar-refractivity contribution in [2.45, 2.75) is 6.54 Å². The van der Waals surface area contributed by atoms with E-state index in [9.17, 15) is 9.18 Å². The molecule has 88 valence electrons. The summed E-state index contributed by atoms with van der Waals surface area (Å²) < 4.78 is 12.9. The van der Waals surface area contributed by atoms with Crippen LogP contribution in [0.1, 0.15) is 16.2 Å². The van der Waals surface area contributed by atoms with Crippen molar-refractivity contribution in [3.05, 3.63) is 53.6 Å². The summed E-state index contributed by atoms with van der Waals surface area (Å²) >= 11 is 0. The number of halogens is 1. The first-order chi connectivity index (χ1) is 8.15. The van der Waals surface area contributed by atoms with Crippen molar-refractivity contribution in [1.82, 2.24) is 4.98 Å². The largest absolute Gasteiger partial charge is 0.477 e. The van der Waals surface area contributed by atoms with Crippen LogP contribution in [0.4, 0.5) is 10.1 Å². The predicted molar refractivity (Wildman–Crippen MR) is 61.5 cm³/mol. The third-order valence-corrected chi connectivity index (χ3v) is 2.28. The minimum Gasteiger partial charge on any atom is -0.477 e. The molecule has 0 amide bonds. The third kappa shape index (κ3) is 2.84. The lowest BCUT2D eigenvalue weighted by molar-refractivity contribution is 0.0691. The summed E-state index contributed by atoms with van der Waals surface area (Å²) in [5.41, 5.74) is 1.52.